The summed E-state index contributed by atoms with van der Waals surface area (Å²) >= 11 is 1.26. The number of benzene rings is 1. The van der Waals surface area contributed by atoms with E-state index in [2.05, 4.69) is 9.97 Å². The Morgan fingerprint density at radius 2 is 2.10 bits per heavy atom. The third-order valence-electron chi connectivity index (χ3n) is 2.87. The number of hydrogen-bond donors (Lipinski definition) is 0. The standard InChI is InChI=1S/C13H11F2N3OS/c1-8(20-13-16-6-7-19-13)11-17-9-4-2-3-5-10(9)18(11)12(14)15/h2-8,12H,1H3. The number of alkyl halides is 2. The summed E-state index contributed by atoms with van der Waals surface area (Å²) in [6.45, 7) is -0.834. The molecule has 0 bridgehead atoms. The maximum atomic E-state index is 13.3. The monoisotopic (exact) mass is 295 g/mol. The summed E-state index contributed by atoms with van der Waals surface area (Å²) in [4.78, 5) is 8.29. The number of fused-ring (bicyclic) bond motifs is 1. The maximum Gasteiger partial charge on any atom is 0.320 e. The lowest BCUT2D eigenvalue weighted by atomic mass is 10.3. The molecule has 104 valence electrons. The van der Waals surface area contributed by atoms with Gasteiger partial charge in [0.25, 0.3) is 5.22 Å². The van der Waals surface area contributed by atoms with Gasteiger partial charge in [-0.1, -0.05) is 23.9 Å². The first kappa shape index (κ1) is 13.1. The van der Waals surface area contributed by atoms with Gasteiger partial charge >= 0.3 is 6.55 Å². The molecule has 0 radical (unpaired) electrons. The summed E-state index contributed by atoms with van der Waals surface area (Å²) in [6, 6.07) is 6.86. The van der Waals surface area contributed by atoms with Gasteiger partial charge in [0.05, 0.1) is 22.5 Å². The van der Waals surface area contributed by atoms with Crippen molar-refractivity contribution in [2.24, 2.45) is 0 Å². The van der Waals surface area contributed by atoms with Crippen LogP contribution in [0.3, 0.4) is 0 Å². The van der Waals surface area contributed by atoms with Gasteiger partial charge in [0, 0.05) is 0 Å². The fourth-order valence-electron chi connectivity index (χ4n) is 2.03. The minimum Gasteiger partial charge on any atom is -0.440 e. The molecule has 3 aromatic rings. The molecule has 1 unspecified atom stereocenters. The number of hydrogen-bond acceptors (Lipinski definition) is 4. The normalized spacial score (nSPS) is 13.2. The highest BCUT2D eigenvalue weighted by Crippen LogP contribution is 2.36. The summed E-state index contributed by atoms with van der Waals surface area (Å²) < 4.78 is 32.7. The Balaban J connectivity index is 2.03. The van der Waals surface area contributed by atoms with Gasteiger partial charge in [0.2, 0.25) is 0 Å². The van der Waals surface area contributed by atoms with Crippen molar-refractivity contribution in [3.05, 3.63) is 42.5 Å². The first-order valence-corrected chi connectivity index (χ1v) is 6.86. The average Bonchev–Trinajstić information content (AvgIpc) is 3.04. The topological polar surface area (TPSA) is 43.9 Å². The number of para-hydroxylation sites is 2. The van der Waals surface area contributed by atoms with E-state index in [1.54, 1.807) is 31.2 Å². The van der Waals surface area contributed by atoms with E-state index in [1.807, 2.05) is 0 Å². The Bertz CT molecular complexity index is 712. The highest BCUT2D eigenvalue weighted by atomic mass is 32.2. The summed E-state index contributed by atoms with van der Waals surface area (Å²) in [5.41, 5.74) is 0.986. The van der Waals surface area contributed by atoms with E-state index in [4.69, 9.17) is 4.42 Å². The SMILES string of the molecule is CC(Sc1ncco1)c1nc2ccccc2n1C(F)F. The highest BCUT2D eigenvalue weighted by molar-refractivity contribution is 7.99. The minimum absolute atomic E-state index is 0.296. The zero-order valence-electron chi connectivity index (χ0n) is 10.5. The minimum atomic E-state index is -2.63. The fourth-order valence-corrected chi connectivity index (χ4v) is 2.83. The van der Waals surface area contributed by atoms with E-state index in [0.717, 1.165) is 4.57 Å². The van der Waals surface area contributed by atoms with Crippen LogP contribution in [0.25, 0.3) is 11.0 Å². The molecule has 3 rings (SSSR count). The van der Waals surface area contributed by atoms with Crippen molar-refractivity contribution in [1.29, 1.82) is 0 Å². The largest absolute Gasteiger partial charge is 0.440 e. The first-order valence-electron chi connectivity index (χ1n) is 5.98. The van der Waals surface area contributed by atoms with Crippen molar-refractivity contribution in [2.45, 2.75) is 23.9 Å². The molecule has 20 heavy (non-hydrogen) atoms. The zero-order valence-corrected chi connectivity index (χ0v) is 11.3. The maximum absolute atomic E-state index is 13.3. The Morgan fingerprint density at radius 1 is 1.30 bits per heavy atom. The van der Waals surface area contributed by atoms with E-state index in [1.165, 1.54) is 24.2 Å². The summed E-state index contributed by atoms with van der Waals surface area (Å²) in [5.74, 6) is 0.310. The van der Waals surface area contributed by atoms with Gasteiger partial charge in [-0.2, -0.15) is 8.78 Å². The third-order valence-corrected chi connectivity index (χ3v) is 3.84. The molecule has 1 atom stereocenters. The van der Waals surface area contributed by atoms with Crippen LogP contribution in [0, 0.1) is 0 Å². The smallest absolute Gasteiger partial charge is 0.320 e. The Labute approximate surface area is 117 Å². The molecule has 0 spiro atoms. The average molecular weight is 295 g/mol. The van der Waals surface area contributed by atoms with Crippen LogP contribution in [0.4, 0.5) is 8.78 Å². The van der Waals surface area contributed by atoms with Crippen molar-refractivity contribution in [2.75, 3.05) is 0 Å². The molecule has 0 amide bonds. The Morgan fingerprint density at radius 3 is 2.80 bits per heavy atom. The molecule has 1 aromatic carbocycles. The van der Waals surface area contributed by atoms with Crippen LogP contribution in [-0.4, -0.2) is 14.5 Å². The number of thioether (sulfide) groups is 1. The second kappa shape index (κ2) is 5.24. The molecule has 0 fully saturated rings. The van der Waals surface area contributed by atoms with Crippen molar-refractivity contribution in [3.8, 4) is 0 Å². The summed E-state index contributed by atoms with van der Waals surface area (Å²) in [6.07, 6.45) is 2.97. The number of imidazole rings is 1. The van der Waals surface area contributed by atoms with Crippen LogP contribution in [0.5, 0.6) is 0 Å². The summed E-state index contributed by atoms with van der Waals surface area (Å²) in [7, 11) is 0. The number of halogens is 2. The van der Waals surface area contributed by atoms with Gasteiger partial charge in [-0.3, -0.25) is 4.57 Å². The highest BCUT2D eigenvalue weighted by Gasteiger charge is 2.23. The van der Waals surface area contributed by atoms with Gasteiger partial charge in [-0.05, 0) is 19.1 Å². The number of rotatable bonds is 4. The summed E-state index contributed by atoms with van der Waals surface area (Å²) in [5, 5.41) is 0.139. The van der Waals surface area contributed by atoms with Crippen LogP contribution in [0.15, 0.2) is 46.4 Å². The molecule has 2 heterocycles. The van der Waals surface area contributed by atoms with Crippen molar-refractivity contribution in [3.63, 3.8) is 0 Å². The molecule has 0 N–H and O–H groups in total. The molecule has 0 aliphatic heterocycles. The van der Waals surface area contributed by atoms with Gasteiger partial charge in [-0.25, -0.2) is 9.97 Å². The third kappa shape index (κ3) is 2.29. The number of nitrogens with zero attached hydrogens (tertiary/aromatic N) is 3. The Hall–Kier alpha value is -1.89. The van der Waals surface area contributed by atoms with E-state index in [9.17, 15) is 8.78 Å². The van der Waals surface area contributed by atoms with Crippen LogP contribution >= 0.6 is 11.8 Å². The van der Waals surface area contributed by atoms with Crippen LogP contribution in [-0.2, 0) is 0 Å². The lowest BCUT2D eigenvalue weighted by Gasteiger charge is -2.12. The molecular weight excluding hydrogens is 284 g/mol. The van der Waals surface area contributed by atoms with E-state index in [-0.39, 0.29) is 5.25 Å². The van der Waals surface area contributed by atoms with Gasteiger partial charge in [0.1, 0.15) is 12.1 Å². The first-order chi connectivity index (χ1) is 9.66. The van der Waals surface area contributed by atoms with E-state index < -0.39 is 6.55 Å². The lowest BCUT2D eigenvalue weighted by molar-refractivity contribution is 0.0715. The predicted molar refractivity (Wildman–Crippen MR) is 71.8 cm³/mol. The van der Waals surface area contributed by atoms with Crippen LogP contribution < -0.4 is 0 Å². The van der Waals surface area contributed by atoms with Crippen molar-refractivity contribution >= 4 is 22.8 Å². The second-order valence-corrected chi connectivity index (χ2v) is 5.46. The van der Waals surface area contributed by atoms with Gasteiger partial charge in [-0.15, -0.1) is 0 Å². The van der Waals surface area contributed by atoms with E-state index >= 15 is 0 Å². The molecule has 0 saturated heterocycles. The second-order valence-electron chi connectivity index (χ2n) is 4.16. The molecule has 2 aromatic heterocycles. The predicted octanol–water partition coefficient (Wildman–Crippen LogP) is 4.27. The van der Waals surface area contributed by atoms with Crippen LogP contribution in [0.2, 0.25) is 0 Å². The zero-order chi connectivity index (χ0) is 14.1. The molecule has 7 heteroatoms. The van der Waals surface area contributed by atoms with Gasteiger partial charge < -0.3 is 4.42 Å². The van der Waals surface area contributed by atoms with Crippen molar-refractivity contribution in [1.82, 2.24) is 14.5 Å². The van der Waals surface area contributed by atoms with Crippen molar-refractivity contribution < 1.29 is 13.2 Å². The fraction of sp³-hybridized carbons (Fsp3) is 0.231. The molecular formula is C13H11F2N3OS. The Kier molecular flexibility index (Phi) is 3.43. The number of oxazole rings is 1. The van der Waals surface area contributed by atoms with E-state index in [0.29, 0.717) is 22.1 Å². The lowest BCUT2D eigenvalue weighted by Crippen LogP contribution is -2.06. The molecule has 0 aliphatic carbocycles. The molecule has 0 saturated carbocycles. The molecule has 0 aliphatic rings. The van der Waals surface area contributed by atoms with Gasteiger partial charge in [0.15, 0.2) is 0 Å². The number of aromatic nitrogens is 3. The quantitative estimate of drug-likeness (QED) is 0.674. The molecule has 4 nitrogen and oxygen atoms in total. The van der Waals surface area contributed by atoms with Crippen LogP contribution in [0.1, 0.15) is 24.5 Å².